The van der Waals surface area contributed by atoms with E-state index in [1.54, 1.807) is 13.1 Å². The summed E-state index contributed by atoms with van der Waals surface area (Å²) in [6, 6.07) is 1.64. The molecule has 0 bridgehead atoms. The summed E-state index contributed by atoms with van der Waals surface area (Å²) in [7, 11) is 1.58. The lowest BCUT2D eigenvalue weighted by Gasteiger charge is -2.19. The van der Waals surface area contributed by atoms with Crippen LogP contribution in [-0.2, 0) is 0 Å². The van der Waals surface area contributed by atoms with Crippen molar-refractivity contribution < 1.29 is 13.2 Å². The molecule has 0 atom stereocenters. The normalized spacial score (nSPS) is 11.4. The Kier molecular flexibility index (Phi) is 5.18. The molecule has 0 aliphatic rings. The molecule has 7 heteroatoms. The van der Waals surface area contributed by atoms with Crippen molar-refractivity contribution in [1.82, 2.24) is 9.97 Å². The number of hydrogen-bond donors (Lipinski definition) is 1. The topological polar surface area (TPSA) is 41.0 Å². The van der Waals surface area contributed by atoms with E-state index in [1.807, 2.05) is 6.92 Å². The van der Waals surface area contributed by atoms with Crippen LogP contribution in [0.5, 0.6) is 0 Å². The minimum absolute atomic E-state index is 0.117. The van der Waals surface area contributed by atoms with Gasteiger partial charge in [0.1, 0.15) is 18.0 Å². The van der Waals surface area contributed by atoms with Crippen LogP contribution < -0.4 is 10.2 Å². The molecule has 1 aromatic heterocycles. The number of aromatic nitrogens is 2. The summed E-state index contributed by atoms with van der Waals surface area (Å²) < 4.78 is 36.3. The van der Waals surface area contributed by atoms with E-state index in [1.165, 1.54) is 11.2 Å². The van der Waals surface area contributed by atoms with Crippen molar-refractivity contribution in [1.29, 1.82) is 0 Å². The van der Waals surface area contributed by atoms with Crippen LogP contribution in [0, 0.1) is 0 Å². The largest absolute Gasteiger partial charge is 0.390 e. The molecule has 0 aliphatic carbocycles. The van der Waals surface area contributed by atoms with Gasteiger partial charge in [0.25, 0.3) is 0 Å². The second-order valence-corrected chi connectivity index (χ2v) is 3.97. The minimum atomic E-state index is -4.15. The molecule has 0 saturated heterocycles. The molecule has 1 N–H and O–H groups in total. The summed E-state index contributed by atoms with van der Waals surface area (Å²) in [6.07, 6.45) is -2.71. The fraction of sp³-hybridized carbons (Fsp3) is 0.636. The van der Waals surface area contributed by atoms with Gasteiger partial charge in [-0.15, -0.1) is 0 Å². The highest BCUT2D eigenvalue weighted by atomic mass is 19.4. The lowest BCUT2D eigenvalue weighted by molar-refractivity contribution is -0.132. The lowest BCUT2D eigenvalue weighted by atomic mass is 10.3. The Bertz CT molecular complexity index is 368. The van der Waals surface area contributed by atoms with Gasteiger partial charge >= 0.3 is 6.18 Å². The number of halogens is 3. The molecule has 0 unspecified atom stereocenters. The molecule has 0 aliphatic heterocycles. The smallest absolute Gasteiger partial charge is 0.370 e. The third kappa shape index (κ3) is 5.20. The highest BCUT2D eigenvalue weighted by Crippen LogP contribution is 2.21. The Hall–Kier alpha value is -1.53. The molecule has 1 heterocycles. The standard InChI is InChI=1S/C11H17F3N4/c1-3-5-15-9-7-10(17-8-16-9)18(2)6-4-11(12,13)14/h7-8H,3-6H2,1-2H3,(H,15,16,17). The van der Waals surface area contributed by atoms with E-state index < -0.39 is 12.6 Å². The zero-order chi connectivity index (χ0) is 13.6. The molecular weight excluding hydrogens is 245 g/mol. The predicted molar refractivity (Wildman–Crippen MR) is 64.8 cm³/mol. The second-order valence-electron chi connectivity index (χ2n) is 3.97. The van der Waals surface area contributed by atoms with Crippen LogP contribution in [0.1, 0.15) is 19.8 Å². The van der Waals surface area contributed by atoms with Crippen molar-refractivity contribution in [3.8, 4) is 0 Å². The van der Waals surface area contributed by atoms with Crippen LogP contribution in [0.3, 0.4) is 0 Å². The molecular formula is C11H17F3N4. The van der Waals surface area contributed by atoms with Gasteiger partial charge in [0.2, 0.25) is 0 Å². The van der Waals surface area contributed by atoms with Crippen LogP contribution in [-0.4, -0.2) is 36.3 Å². The maximum absolute atomic E-state index is 12.1. The number of anilines is 2. The molecule has 18 heavy (non-hydrogen) atoms. The SMILES string of the molecule is CCCNc1cc(N(C)CCC(F)(F)F)ncn1. The van der Waals surface area contributed by atoms with Gasteiger partial charge in [0.15, 0.2) is 0 Å². The maximum Gasteiger partial charge on any atom is 0.390 e. The number of nitrogens with zero attached hydrogens (tertiary/aromatic N) is 3. The van der Waals surface area contributed by atoms with Gasteiger partial charge in [-0.3, -0.25) is 0 Å². The van der Waals surface area contributed by atoms with Crippen LogP contribution in [0.15, 0.2) is 12.4 Å². The van der Waals surface area contributed by atoms with Crippen LogP contribution in [0.4, 0.5) is 24.8 Å². The van der Waals surface area contributed by atoms with Crippen LogP contribution in [0.2, 0.25) is 0 Å². The lowest BCUT2D eigenvalue weighted by Crippen LogP contribution is -2.25. The van der Waals surface area contributed by atoms with E-state index in [-0.39, 0.29) is 6.54 Å². The molecule has 0 amide bonds. The molecule has 0 saturated carbocycles. The predicted octanol–water partition coefficient (Wildman–Crippen LogP) is 2.69. The molecule has 1 aromatic rings. The van der Waals surface area contributed by atoms with Gasteiger partial charge in [-0.05, 0) is 6.42 Å². The molecule has 1 rings (SSSR count). The van der Waals surface area contributed by atoms with E-state index in [0.29, 0.717) is 11.6 Å². The summed E-state index contributed by atoms with van der Waals surface area (Å²) in [5.74, 6) is 1.11. The number of alkyl halides is 3. The van der Waals surface area contributed by atoms with Gasteiger partial charge in [-0.1, -0.05) is 6.92 Å². The average molecular weight is 262 g/mol. The first kappa shape index (κ1) is 14.5. The van der Waals surface area contributed by atoms with Crippen molar-refractivity contribution in [3.05, 3.63) is 12.4 Å². The Balaban J connectivity index is 2.59. The van der Waals surface area contributed by atoms with E-state index in [4.69, 9.17) is 0 Å². The van der Waals surface area contributed by atoms with Gasteiger partial charge in [0.05, 0.1) is 6.42 Å². The van der Waals surface area contributed by atoms with Gasteiger partial charge in [-0.25, -0.2) is 9.97 Å². The third-order valence-corrected chi connectivity index (χ3v) is 2.33. The van der Waals surface area contributed by atoms with Crippen molar-refractivity contribution in [2.75, 3.05) is 30.4 Å². The zero-order valence-electron chi connectivity index (χ0n) is 10.5. The zero-order valence-corrected chi connectivity index (χ0v) is 10.5. The first-order valence-corrected chi connectivity index (χ1v) is 5.76. The molecule has 0 radical (unpaired) electrons. The number of hydrogen-bond acceptors (Lipinski definition) is 4. The van der Waals surface area contributed by atoms with Crippen LogP contribution in [0.25, 0.3) is 0 Å². The van der Waals surface area contributed by atoms with Crippen molar-refractivity contribution in [2.24, 2.45) is 0 Å². The Morgan fingerprint density at radius 3 is 2.67 bits per heavy atom. The molecule has 0 fully saturated rings. The van der Waals surface area contributed by atoms with Crippen LogP contribution >= 0.6 is 0 Å². The number of nitrogens with one attached hydrogen (secondary N) is 1. The second kappa shape index (κ2) is 6.42. The Morgan fingerprint density at radius 1 is 1.33 bits per heavy atom. The Labute approximate surface area is 104 Å². The quantitative estimate of drug-likeness (QED) is 0.855. The molecule has 4 nitrogen and oxygen atoms in total. The Morgan fingerprint density at radius 2 is 2.06 bits per heavy atom. The molecule has 0 spiro atoms. The average Bonchev–Trinajstić information content (AvgIpc) is 2.33. The van der Waals surface area contributed by atoms with E-state index in [0.717, 1.165) is 13.0 Å². The highest BCUT2D eigenvalue weighted by Gasteiger charge is 2.27. The maximum atomic E-state index is 12.1. The number of rotatable bonds is 6. The summed E-state index contributed by atoms with van der Waals surface area (Å²) in [4.78, 5) is 9.42. The summed E-state index contributed by atoms with van der Waals surface area (Å²) in [6.45, 7) is 2.67. The van der Waals surface area contributed by atoms with Gasteiger partial charge in [-0.2, -0.15) is 13.2 Å². The van der Waals surface area contributed by atoms with E-state index in [2.05, 4.69) is 15.3 Å². The van der Waals surface area contributed by atoms with Crippen molar-refractivity contribution in [3.63, 3.8) is 0 Å². The van der Waals surface area contributed by atoms with E-state index in [9.17, 15) is 13.2 Å². The van der Waals surface area contributed by atoms with Crippen molar-refractivity contribution in [2.45, 2.75) is 25.9 Å². The summed E-state index contributed by atoms with van der Waals surface area (Å²) in [5, 5.41) is 3.06. The first-order chi connectivity index (χ1) is 8.42. The molecule has 0 aromatic carbocycles. The monoisotopic (exact) mass is 262 g/mol. The first-order valence-electron chi connectivity index (χ1n) is 5.76. The van der Waals surface area contributed by atoms with Crippen molar-refractivity contribution >= 4 is 11.6 Å². The fourth-order valence-corrected chi connectivity index (χ4v) is 1.31. The minimum Gasteiger partial charge on any atom is -0.370 e. The van der Waals surface area contributed by atoms with E-state index >= 15 is 0 Å². The summed E-state index contributed by atoms with van der Waals surface area (Å²) >= 11 is 0. The fourth-order valence-electron chi connectivity index (χ4n) is 1.31. The van der Waals surface area contributed by atoms with Gasteiger partial charge in [0, 0.05) is 26.2 Å². The highest BCUT2D eigenvalue weighted by molar-refractivity contribution is 5.47. The summed E-state index contributed by atoms with van der Waals surface area (Å²) in [5.41, 5.74) is 0. The molecule has 102 valence electrons. The third-order valence-electron chi connectivity index (χ3n) is 2.33. The van der Waals surface area contributed by atoms with Gasteiger partial charge < -0.3 is 10.2 Å².